The van der Waals surface area contributed by atoms with Crippen LogP contribution in [0.5, 0.6) is 0 Å². The van der Waals surface area contributed by atoms with Gasteiger partial charge in [-0.2, -0.15) is 0 Å². The molecular weight excluding hydrogens is 184 g/mol. The number of allylic oxidation sites excluding steroid dienone is 1. The van der Waals surface area contributed by atoms with Gasteiger partial charge in [-0.1, -0.05) is 12.1 Å². The molecule has 0 bridgehead atoms. The van der Waals surface area contributed by atoms with Crippen molar-refractivity contribution in [3.8, 4) is 0 Å². The maximum atomic E-state index is 4.10. The van der Waals surface area contributed by atoms with E-state index in [1.54, 1.807) is 6.20 Å². The largest absolute Gasteiger partial charge is 0.357 e. The van der Waals surface area contributed by atoms with Crippen molar-refractivity contribution in [3.05, 3.63) is 67.3 Å². The topological polar surface area (TPSA) is 17.8 Å². The minimum Gasteiger partial charge on any atom is -0.357 e. The number of hydrogen-bond acceptors (Lipinski definition) is 1. The molecule has 2 aromatic rings. The first kappa shape index (κ1) is 11.2. The molecular formula is C13H16N2. The summed E-state index contributed by atoms with van der Waals surface area (Å²) in [5, 5.41) is 0. The molecule has 0 aliphatic heterocycles. The highest BCUT2D eigenvalue weighted by Crippen LogP contribution is 1.93. The number of aromatic nitrogens is 2. The highest BCUT2D eigenvalue weighted by atomic mass is 14.9. The predicted octanol–water partition coefficient (Wildman–Crippen LogP) is 2.84. The van der Waals surface area contributed by atoms with E-state index in [2.05, 4.69) is 11.6 Å². The van der Waals surface area contributed by atoms with Crippen LogP contribution in [0.2, 0.25) is 0 Å². The van der Waals surface area contributed by atoms with Gasteiger partial charge in [-0.3, -0.25) is 4.98 Å². The summed E-state index contributed by atoms with van der Waals surface area (Å²) in [6.45, 7) is 3.62. The lowest BCUT2D eigenvalue weighted by atomic mass is 10.3. The lowest BCUT2D eigenvalue weighted by molar-refractivity contribution is 0.928. The van der Waals surface area contributed by atoms with Gasteiger partial charge in [0.1, 0.15) is 0 Å². The Morgan fingerprint density at radius 1 is 1.27 bits per heavy atom. The zero-order valence-electron chi connectivity index (χ0n) is 9.00. The quantitative estimate of drug-likeness (QED) is 0.682. The monoisotopic (exact) mass is 200 g/mol. The van der Waals surface area contributed by atoms with Crippen LogP contribution in [0.4, 0.5) is 0 Å². The zero-order chi connectivity index (χ0) is 10.9. The van der Waals surface area contributed by atoms with E-state index in [9.17, 15) is 0 Å². The second kappa shape index (κ2) is 6.60. The van der Waals surface area contributed by atoms with Crippen molar-refractivity contribution in [2.45, 2.75) is 6.42 Å². The lowest BCUT2D eigenvalue weighted by Crippen LogP contribution is -1.82. The average Bonchev–Trinajstić information content (AvgIpc) is 2.72. The second-order valence-electron chi connectivity index (χ2n) is 3.16. The van der Waals surface area contributed by atoms with Crippen molar-refractivity contribution in [1.82, 2.24) is 9.55 Å². The van der Waals surface area contributed by atoms with E-state index >= 15 is 0 Å². The van der Waals surface area contributed by atoms with E-state index in [1.165, 1.54) is 0 Å². The summed E-state index contributed by atoms with van der Waals surface area (Å²) in [5.41, 5.74) is 1.08. The molecule has 0 aliphatic carbocycles. The van der Waals surface area contributed by atoms with Gasteiger partial charge in [-0.25, -0.2) is 0 Å². The molecule has 2 rings (SSSR count). The first-order valence-corrected chi connectivity index (χ1v) is 4.90. The summed E-state index contributed by atoms with van der Waals surface area (Å²) in [6, 6.07) is 9.88. The molecule has 2 nitrogen and oxygen atoms in total. The second-order valence-corrected chi connectivity index (χ2v) is 3.16. The van der Waals surface area contributed by atoms with Crippen molar-refractivity contribution in [2.24, 2.45) is 7.05 Å². The number of hydrogen-bond donors (Lipinski definition) is 0. The van der Waals surface area contributed by atoms with Gasteiger partial charge in [0.25, 0.3) is 0 Å². The third kappa shape index (κ3) is 4.81. The van der Waals surface area contributed by atoms with Crippen LogP contribution in [0.25, 0.3) is 0 Å². The summed E-state index contributed by atoms with van der Waals surface area (Å²) in [5.74, 6) is 0. The Labute approximate surface area is 90.9 Å². The van der Waals surface area contributed by atoms with Crippen molar-refractivity contribution >= 4 is 0 Å². The van der Waals surface area contributed by atoms with Crippen LogP contribution in [0.15, 0.2) is 61.6 Å². The Morgan fingerprint density at radius 2 is 2.00 bits per heavy atom. The van der Waals surface area contributed by atoms with Gasteiger partial charge < -0.3 is 4.57 Å². The van der Waals surface area contributed by atoms with Gasteiger partial charge in [0.2, 0.25) is 0 Å². The van der Waals surface area contributed by atoms with E-state index < -0.39 is 0 Å². The first-order chi connectivity index (χ1) is 7.33. The molecule has 2 heterocycles. The van der Waals surface area contributed by atoms with E-state index in [0.29, 0.717) is 0 Å². The number of pyridine rings is 1. The molecule has 0 fully saturated rings. The van der Waals surface area contributed by atoms with Gasteiger partial charge in [0.05, 0.1) is 0 Å². The highest BCUT2D eigenvalue weighted by Gasteiger charge is 1.83. The Morgan fingerprint density at radius 3 is 2.40 bits per heavy atom. The van der Waals surface area contributed by atoms with Crippen LogP contribution in [0.3, 0.4) is 0 Å². The maximum Gasteiger partial charge on any atom is 0.0441 e. The van der Waals surface area contributed by atoms with E-state index in [4.69, 9.17) is 0 Å². The van der Waals surface area contributed by atoms with Crippen LogP contribution < -0.4 is 0 Å². The summed E-state index contributed by atoms with van der Waals surface area (Å²) in [7, 11) is 2.00. The lowest BCUT2D eigenvalue weighted by Gasteiger charge is -1.90. The van der Waals surface area contributed by atoms with Crippen LogP contribution >= 0.6 is 0 Å². The minimum atomic E-state index is 0.862. The predicted molar refractivity (Wildman–Crippen MR) is 63.6 cm³/mol. The fourth-order valence-electron chi connectivity index (χ4n) is 1.09. The number of rotatable bonds is 2. The molecule has 15 heavy (non-hydrogen) atoms. The van der Waals surface area contributed by atoms with Crippen molar-refractivity contribution in [3.63, 3.8) is 0 Å². The molecule has 0 saturated carbocycles. The molecule has 0 unspecified atom stereocenters. The zero-order valence-corrected chi connectivity index (χ0v) is 9.00. The summed E-state index contributed by atoms with van der Waals surface area (Å²) in [4.78, 5) is 4.10. The van der Waals surface area contributed by atoms with Gasteiger partial charge in [0.15, 0.2) is 0 Å². The van der Waals surface area contributed by atoms with Gasteiger partial charge >= 0.3 is 0 Å². The minimum absolute atomic E-state index is 0.862. The summed E-state index contributed by atoms with van der Waals surface area (Å²) in [6.07, 6.45) is 8.50. The molecule has 0 amide bonds. The Kier molecular flexibility index (Phi) is 4.95. The molecule has 0 N–H and O–H groups in total. The molecule has 0 spiro atoms. The van der Waals surface area contributed by atoms with Crippen molar-refractivity contribution < 1.29 is 0 Å². The smallest absolute Gasteiger partial charge is 0.0441 e. The Bertz CT molecular complexity index is 363. The normalized spacial score (nSPS) is 8.87. The third-order valence-corrected chi connectivity index (χ3v) is 1.83. The molecule has 2 aromatic heterocycles. The van der Waals surface area contributed by atoms with Crippen molar-refractivity contribution in [2.75, 3.05) is 0 Å². The SMILES string of the molecule is C=CCc1ccccn1.Cn1cccc1. The van der Waals surface area contributed by atoms with Crippen LogP contribution in [-0.2, 0) is 13.5 Å². The molecule has 0 aromatic carbocycles. The highest BCUT2D eigenvalue weighted by molar-refractivity contribution is 5.06. The standard InChI is InChI=1S/C8H9N.C5H7N/c1-2-5-8-6-3-4-7-9-8;1-6-4-2-3-5-6/h2-4,6-7H,1,5H2;2-5H,1H3. The fraction of sp³-hybridized carbons (Fsp3) is 0.154. The van der Waals surface area contributed by atoms with Gasteiger partial charge in [-0.05, 0) is 24.3 Å². The summed E-state index contributed by atoms with van der Waals surface area (Å²) < 4.78 is 2.00. The number of nitrogens with zero attached hydrogens (tertiary/aromatic N) is 2. The molecule has 2 heteroatoms. The Balaban J connectivity index is 0.000000162. The molecule has 0 atom stereocenters. The molecule has 0 saturated heterocycles. The molecule has 0 aliphatic rings. The molecule has 78 valence electrons. The maximum absolute atomic E-state index is 4.10. The Hall–Kier alpha value is -1.83. The number of aryl methyl sites for hydroxylation is 1. The van der Waals surface area contributed by atoms with Crippen LogP contribution in [0, 0.1) is 0 Å². The average molecular weight is 200 g/mol. The summed E-state index contributed by atoms with van der Waals surface area (Å²) >= 11 is 0. The van der Waals surface area contributed by atoms with E-state index in [-0.39, 0.29) is 0 Å². The van der Waals surface area contributed by atoms with Crippen LogP contribution in [0.1, 0.15) is 5.69 Å². The molecule has 0 radical (unpaired) electrons. The van der Waals surface area contributed by atoms with Gasteiger partial charge in [-0.15, -0.1) is 6.58 Å². The third-order valence-electron chi connectivity index (χ3n) is 1.83. The van der Waals surface area contributed by atoms with Crippen LogP contribution in [-0.4, -0.2) is 9.55 Å². The van der Waals surface area contributed by atoms with E-state index in [1.807, 2.05) is 60.4 Å². The fourth-order valence-corrected chi connectivity index (χ4v) is 1.09. The van der Waals surface area contributed by atoms with Gasteiger partial charge in [0, 0.05) is 37.8 Å². The first-order valence-electron chi connectivity index (χ1n) is 4.90. The van der Waals surface area contributed by atoms with E-state index in [0.717, 1.165) is 12.1 Å². The van der Waals surface area contributed by atoms with Crippen molar-refractivity contribution in [1.29, 1.82) is 0 Å².